The van der Waals surface area contributed by atoms with Crippen molar-refractivity contribution in [1.29, 1.82) is 0 Å². The molecule has 0 saturated carbocycles. The smallest absolute Gasteiger partial charge is 0.264 e. The van der Waals surface area contributed by atoms with E-state index < -0.39 is 26.0 Å². The second-order valence-electron chi connectivity index (χ2n) is 8.01. The Kier molecular flexibility index (Phi) is 7.59. The maximum Gasteiger partial charge on any atom is 0.264 e. The van der Waals surface area contributed by atoms with E-state index in [1.165, 1.54) is 54.9 Å². The van der Waals surface area contributed by atoms with E-state index in [4.69, 9.17) is 4.84 Å². The summed E-state index contributed by atoms with van der Waals surface area (Å²) in [6, 6.07) is 10.1. The number of carbonyl (C=O) groups is 1. The Morgan fingerprint density at radius 2 is 1.70 bits per heavy atom. The van der Waals surface area contributed by atoms with Crippen LogP contribution >= 0.6 is 0 Å². The van der Waals surface area contributed by atoms with Crippen LogP contribution in [0, 0.1) is 6.92 Å². The quantitative estimate of drug-likeness (QED) is 0.591. The standard InChI is InChI=1S/C22H29N3O6S2/c1-16-8-11-20(33(29,30)25-14-6-5-7-17(25)2)15-21(16)22(26)23-18-9-12-19(13-10-18)32(27,28)24(3)31-4/h8-13,15,17H,5-7,14H2,1-4H3,(H,23,26). The van der Waals surface area contributed by atoms with Crippen LogP contribution in [-0.2, 0) is 24.9 Å². The van der Waals surface area contributed by atoms with Crippen LogP contribution in [0.15, 0.2) is 52.3 Å². The van der Waals surface area contributed by atoms with E-state index in [9.17, 15) is 21.6 Å². The van der Waals surface area contributed by atoms with Gasteiger partial charge in [-0.2, -0.15) is 4.31 Å². The third kappa shape index (κ3) is 5.28. The lowest BCUT2D eigenvalue weighted by Gasteiger charge is -2.32. The third-order valence-electron chi connectivity index (χ3n) is 5.81. The van der Waals surface area contributed by atoms with Crippen molar-refractivity contribution in [2.75, 3.05) is 26.0 Å². The van der Waals surface area contributed by atoms with Gasteiger partial charge in [0.25, 0.3) is 15.9 Å². The molecule has 11 heteroatoms. The number of rotatable bonds is 7. The van der Waals surface area contributed by atoms with Gasteiger partial charge in [-0.25, -0.2) is 16.8 Å². The van der Waals surface area contributed by atoms with E-state index in [1.807, 2.05) is 6.92 Å². The summed E-state index contributed by atoms with van der Waals surface area (Å²) in [7, 11) is -5.00. The van der Waals surface area contributed by atoms with Crippen LogP contribution in [0.3, 0.4) is 0 Å². The maximum absolute atomic E-state index is 13.2. The zero-order chi connectivity index (χ0) is 24.4. The van der Waals surface area contributed by atoms with Crippen molar-refractivity contribution >= 4 is 31.6 Å². The molecule has 9 nitrogen and oxygen atoms in total. The number of benzene rings is 2. The topological polar surface area (TPSA) is 113 Å². The van der Waals surface area contributed by atoms with E-state index in [2.05, 4.69) is 5.32 Å². The zero-order valence-electron chi connectivity index (χ0n) is 19.1. The first kappa shape index (κ1) is 25.3. The average molecular weight is 496 g/mol. The summed E-state index contributed by atoms with van der Waals surface area (Å²) in [6.45, 7) is 4.09. The SMILES string of the molecule is CON(C)S(=O)(=O)c1ccc(NC(=O)c2cc(S(=O)(=O)N3CCCCC3C)ccc2C)cc1. The summed E-state index contributed by atoms with van der Waals surface area (Å²) in [5.41, 5.74) is 1.23. The molecule has 1 heterocycles. The predicted molar refractivity (Wildman–Crippen MR) is 125 cm³/mol. The Labute approximate surface area is 195 Å². The van der Waals surface area contributed by atoms with E-state index in [1.54, 1.807) is 13.0 Å². The number of aryl methyl sites for hydroxylation is 1. The van der Waals surface area contributed by atoms with Crippen LogP contribution < -0.4 is 5.32 Å². The summed E-state index contributed by atoms with van der Waals surface area (Å²) >= 11 is 0. The minimum absolute atomic E-state index is 0.00442. The van der Waals surface area contributed by atoms with Crippen molar-refractivity contribution in [1.82, 2.24) is 8.77 Å². The monoisotopic (exact) mass is 495 g/mol. The van der Waals surface area contributed by atoms with Crippen molar-refractivity contribution in [2.24, 2.45) is 0 Å². The Morgan fingerprint density at radius 3 is 2.30 bits per heavy atom. The summed E-state index contributed by atoms with van der Waals surface area (Å²) < 4.78 is 53.2. The molecule has 2 aromatic rings. The molecule has 0 aromatic heterocycles. The molecule has 180 valence electrons. The lowest BCUT2D eigenvalue weighted by atomic mass is 10.1. The molecule has 0 spiro atoms. The van der Waals surface area contributed by atoms with Gasteiger partial charge in [-0.3, -0.25) is 9.63 Å². The van der Waals surface area contributed by atoms with Crippen molar-refractivity contribution in [3.8, 4) is 0 Å². The van der Waals surface area contributed by atoms with Crippen LogP contribution in [0.4, 0.5) is 5.69 Å². The van der Waals surface area contributed by atoms with Gasteiger partial charge in [0.1, 0.15) is 0 Å². The minimum atomic E-state index is -3.80. The summed E-state index contributed by atoms with van der Waals surface area (Å²) in [5, 5.41) is 2.70. The number of nitrogens with zero attached hydrogens (tertiary/aromatic N) is 2. The lowest BCUT2D eigenvalue weighted by Crippen LogP contribution is -2.42. The van der Waals surface area contributed by atoms with Crippen LogP contribution in [0.1, 0.15) is 42.1 Å². The minimum Gasteiger partial charge on any atom is -0.322 e. The molecule has 1 amide bonds. The Bertz CT molecular complexity index is 1230. The first-order valence-electron chi connectivity index (χ1n) is 10.6. The normalized spacial score (nSPS) is 17.8. The number of sulfonamides is 2. The Hall–Kier alpha value is -2.31. The molecule has 33 heavy (non-hydrogen) atoms. The van der Waals surface area contributed by atoms with Gasteiger partial charge >= 0.3 is 0 Å². The Balaban J connectivity index is 1.83. The summed E-state index contributed by atoms with van der Waals surface area (Å²) in [5.74, 6) is -0.485. The van der Waals surface area contributed by atoms with E-state index >= 15 is 0 Å². The van der Waals surface area contributed by atoms with Gasteiger partial charge < -0.3 is 5.32 Å². The van der Waals surface area contributed by atoms with Crippen LogP contribution in [0.25, 0.3) is 0 Å². The molecule has 1 N–H and O–H groups in total. The highest BCUT2D eigenvalue weighted by Crippen LogP contribution is 2.27. The molecule has 1 unspecified atom stereocenters. The number of hydrogen-bond donors (Lipinski definition) is 1. The van der Waals surface area contributed by atoms with Crippen LogP contribution in [0.2, 0.25) is 0 Å². The number of hydroxylamine groups is 1. The van der Waals surface area contributed by atoms with Gasteiger partial charge in [-0.15, -0.1) is 0 Å². The molecule has 0 aliphatic carbocycles. The first-order chi connectivity index (χ1) is 15.5. The van der Waals surface area contributed by atoms with Gasteiger partial charge in [0.05, 0.1) is 16.9 Å². The van der Waals surface area contributed by atoms with Crippen molar-refractivity contribution in [3.05, 3.63) is 53.6 Å². The van der Waals surface area contributed by atoms with Gasteiger partial charge in [0.2, 0.25) is 10.0 Å². The number of nitrogens with one attached hydrogen (secondary N) is 1. The molecule has 1 aliphatic heterocycles. The fourth-order valence-electron chi connectivity index (χ4n) is 3.73. The molecule has 1 fully saturated rings. The number of piperidine rings is 1. The lowest BCUT2D eigenvalue weighted by molar-refractivity contribution is -0.0258. The molecular formula is C22H29N3O6S2. The van der Waals surface area contributed by atoms with Crippen molar-refractivity contribution in [3.63, 3.8) is 0 Å². The zero-order valence-corrected chi connectivity index (χ0v) is 20.7. The van der Waals surface area contributed by atoms with Crippen LogP contribution in [0.5, 0.6) is 0 Å². The second-order valence-corrected chi connectivity index (χ2v) is 11.8. The highest BCUT2D eigenvalue weighted by atomic mass is 32.2. The Morgan fingerprint density at radius 1 is 1.06 bits per heavy atom. The largest absolute Gasteiger partial charge is 0.322 e. The van der Waals surface area contributed by atoms with Crippen molar-refractivity contribution in [2.45, 2.75) is 48.9 Å². The van der Waals surface area contributed by atoms with Crippen molar-refractivity contribution < 1.29 is 26.5 Å². The molecule has 1 aliphatic rings. The number of amides is 1. The predicted octanol–water partition coefficient (Wildman–Crippen LogP) is 2.99. The van der Waals surface area contributed by atoms with E-state index in [-0.39, 0.29) is 21.4 Å². The van der Waals surface area contributed by atoms with Gasteiger partial charge in [-0.05, 0) is 68.7 Å². The van der Waals surface area contributed by atoms with E-state index in [0.717, 1.165) is 23.7 Å². The molecule has 3 rings (SSSR count). The highest BCUT2D eigenvalue weighted by Gasteiger charge is 2.31. The number of anilines is 1. The fourth-order valence-corrected chi connectivity index (χ4v) is 6.43. The molecule has 0 radical (unpaired) electrons. The maximum atomic E-state index is 13.2. The van der Waals surface area contributed by atoms with Gasteiger partial charge in [0, 0.05) is 30.9 Å². The molecule has 1 saturated heterocycles. The molecular weight excluding hydrogens is 466 g/mol. The summed E-state index contributed by atoms with van der Waals surface area (Å²) in [4.78, 5) is 17.8. The second kappa shape index (κ2) is 9.90. The van der Waals surface area contributed by atoms with Gasteiger partial charge in [-0.1, -0.05) is 17.0 Å². The first-order valence-corrected chi connectivity index (χ1v) is 13.4. The molecule has 1 atom stereocenters. The van der Waals surface area contributed by atoms with E-state index in [0.29, 0.717) is 17.8 Å². The summed E-state index contributed by atoms with van der Waals surface area (Å²) in [6.07, 6.45) is 2.62. The fraction of sp³-hybridized carbons (Fsp3) is 0.409. The average Bonchev–Trinajstić information content (AvgIpc) is 2.79. The highest BCUT2D eigenvalue weighted by molar-refractivity contribution is 7.89. The molecule has 2 aromatic carbocycles. The number of hydrogen-bond acceptors (Lipinski definition) is 6. The van der Waals surface area contributed by atoms with Gasteiger partial charge in [0.15, 0.2) is 0 Å². The number of carbonyl (C=O) groups excluding carboxylic acids is 1. The third-order valence-corrected chi connectivity index (χ3v) is 9.51. The van der Waals surface area contributed by atoms with Crippen LogP contribution in [-0.4, -0.2) is 58.3 Å². The molecule has 0 bridgehead atoms.